The van der Waals surface area contributed by atoms with Crippen LogP contribution in [0.25, 0.3) is 6.08 Å². The van der Waals surface area contributed by atoms with Crippen LogP contribution in [0.4, 0.5) is 5.69 Å². The molecule has 9 nitrogen and oxygen atoms in total. The summed E-state index contributed by atoms with van der Waals surface area (Å²) in [6.45, 7) is 3.59. The van der Waals surface area contributed by atoms with Crippen LogP contribution < -0.4 is 5.32 Å². The molecule has 0 fully saturated rings. The minimum atomic E-state index is -0.924. The van der Waals surface area contributed by atoms with Gasteiger partial charge >= 0.3 is 49.7 Å². The molecule has 0 saturated carbocycles. The van der Waals surface area contributed by atoms with Gasteiger partial charge in [0.15, 0.2) is 0 Å². The maximum atomic E-state index is 13.3. The second kappa shape index (κ2) is 14.7. The van der Waals surface area contributed by atoms with E-state index in [0.717, 1.165) is 5.56 Å². The number of carbonyl (C=O) groups is 2. The van der Waals surface area contributed by atoms with E-state index < -0.39 is 22.8 Å². The molecule has 0 saturated heterocycles. The summed E-state index contributed by atoms with van der Waals surface area (Å²) in [5.74, 6) is -2.23. The van der Waals surface area contributed by atoms with Crippen LogP contribution in [0.2, 0.25) is 0 Å². The van der Waals surface area contributed by atoms with Crippen molar-refractivity contribution in [2.75, 3.05) is 26.9 Å². The third-order valence-electron chi connectivity index (χ3n) is 5.56. The second-order valence-corrected chi connectivity index (χ2v) is 8.03. The molecule has 10 heteroatoms. The molecular weight excluding hydrogens is 504 g/mol. The van der Waals surface area contributed by atoms with Crippen molar-refractivity contribution >= 4 is 61.4 Å². The summed E-state index contributed by atoms with van der Waals surface area (Å²) in [5, 5.41) is 14.5. The Morgan fingerprint density at radius 1 is 0.973 bits per heavy atom. The molecule has 0 radical (unpaired) electrons. The van der Waals surface area contributed by atoms with Gasteiger partial charge in [0.1, 0.15) is 13.2 Å². The second-order valence-electron chi connectivity index (χ2n) is 8.03. The predicted octanol–water partition coefficient (Wildman–Crippen LogP) is 3.36. The Morgan fingerprint density at radius 2 is 1.62 bits per heavy atom. The van der Waals surface area contributed by atoms with E-state index in [1.165, 1.54) is 25.3 Å². The Labute approximate surface area is 245 Å². The standard InChI is InChI=1S/C27H28N2O7.Ca.2H/c1-18-23(26(30)35-14-8-11-20-9-5-4-6-10-20)25(21-12-7-13-22(17-21)29(32)33)24(19(2)28-18)27(31)36-16-15-34-3;;;/h4-13,17,25,28H,14-16H2,1-3H3;;;/b11-8+;;;. The molecule has 0 bridgehead atoms. The topological polar surface area (TPSA) is 117 Å². The van der Waals surface area contributed by atoms with Gasteiger partial charge in [-0.2, -0.15) is 0 Å². The van der Waals surface area contributed by atoms with Gasteiger partial charge in [-0.05, 0) is 31.1 Å². The number of nitrogens with zero attached hydrogens (tertiary/aromatic N) is 1. The van der Waals surface area contributed by atoms with E-state index in [4.69, 9.17) is 14.2 Å². The number of hydrogen-bond donors (Lipinski definition) is 1. The molecule has 1 atom stereocenters. The number of benzene rings is 2. The summed E-state index contributed by atoms with van der Waals surface area (Å²) in [6, 6.07) is 15.4. The number of ether oxygens (including phenoxy) is 3. The van der Waals surface area contributed by atoms with Crippen molar-refractivity contribution in [3.8, 4) is 0 Å². The number of methoxy groups -OCH3 is 1. The fourth-order valence-electron chi connectivity index (χ4n) is 3.93. The van der Waals surface area contributed by atoms with E-state index in [0.29, 0.717) is 17.0 Å². The third-order valence-corrected chi connectivity index (χ3v) is 5.56. The number of rotatable bonds is 10. The molecule has 1 aliphatic heterocycles. The number of esters is 2. The molecule has 1 aliphatic rings. The number of non-ortho nitro benzene ring substituents is 1. The number of nitro benzene ring substituents is 1. The summed E-state index contributed by atoms with van der Waals surface area (Å²) in [4.78, 5) is 37.3. The van der Waals surface area contributed by atoms with Gasteiger partial charge in [-0.1, -0.05) is 48.5 Å². The van der Waals surface area contributed by atoms with Crippen molar-refractivity contribution in [2.45, 2.75) is 19.8 Å². The van der Waals surface area contributed by atoms with Crippen LogP contribution in [0, 0.1) is 10.1 Å². The molecule has 0 aliphatic carbocycles. The van der Waals surface area contributed by atoms with Crippen LogP contribution in [-0.4, -0.2) is 81.5 Å². The van der Waals surface area contributed by atoms with Crippen LogP contribution in [0.1, 0.15) is 30.9 Å². The van der Waals surface area contributed by atoms with Gasteiger partial charge in [0.25, 0.3) is 5.69 Å². The number of allylic oxidation sites excluding steroid dienone is 2. The molecule has 0 aromatic heterocycles. The predicted molar refractivity (Wildman–Crippen MR) is 142 cm³/mol. The molecule has 0 amide bonds. The van der Waals surface area contributed by atoms with Crippen molar-refractivity contribution in [1.29, 1.82) is 0 Å². The van der Waals surface area contributed by atoms with Gasteiger partial charge in [0.05, 0.1) is 28.6 Å². The molecule has 0 spiro atoms. The number of nitro groups is 1. The quantitative estimate of drug-likeness (QED) is 0.162. The fourth-order valence-corrected chi connectivity index (χ4v) is 3.93. The van der Waals surface area contributed by atoms with Crippen molar-refractivity contribution in [1.82, 2.24) is 5.32 Å². The number of nitrogens with one attached hydrogen (secondary N) is 1. The van der Waals surface area contributed by atoms with Gasteiger partial charge in [0.2, 0.25) is 0 Å². The molecule has 2 aromatic carbocycles. The van der Waals surface area contributed by atoms with Gasteiger partial charge < -0.3 is 19.5 Å². The number of dihydropyridines is 1. The van der Waals surface area contributed by atoms with Gasteiger partial charge in [-0.15, -0.1) is 0 Å². The Hall–Kier alpha value is -2.98. The van der Waals surface area contributed by atoms with Crippen LogP contribution in [0.5, 0.6) is 0 Å². The summed E-state index contributed by atoms with van der Waals surface area (Å²) in [5.41, 5.74) is 2.50. The van der Waals surface area contributed by atoms with Crippen LogP contribution in [0.3, 0.4) is 0 Å². The van der Waals surface area contributed by atoms with Crippen LogP contribution in [-0.2, 0) is 23.8 Å². The Morgan fingerprint density at radius 3 is 2.24 bits per heavy atom. The van der Waals surface area contributed by atoms with E-state index in [-0.39, 0.29) is 74.4 Å². The summed E-state index contributed by atoms with van der Waals surface area (Å²) in [6.07, 6.45) is 3.54. The SMILES string of the molecule is COCCOC(=O)C1=C(C)NC(C)=C(C(=O)OC/C=C/c2ccccc2)C1c1cccc([N+](=O)[O-])c1.[CaH2]. The van der Waals surface area contributed by atoms with E-state index >= 15 is 0 Å². The van der Waals surface area contributed by atoms with Gasteiger partial charge in [-0.25, -0.2) is 9.59 Å². The van der Waals surface area contributed by atoms with Crippen molar-refractivity contribution in [3.05, 3.63) is 104 Å². The molecule has 1 unspecified atom stereocenters. The molecule has 2 aromatic rings. The molecule has 37 heavy (non-hydrogen) atoms. The third kappa shape index (κ3) is 8.00. The van der Waals surface area contributed by atoms with E-state index in [1.54, 1.807) is 26.0 Å². The van der Waals surface area contributed by atoms with Crippen molar-refractivity contribution in [2.24, 2.45) is 0 Å². The zero-order valence-electron chi connectivity index (χ0n) is 20.4. The normalized spacial score (nSPS) is 15.2. The number of carbonyl (C=O) groups excluding carboxylic acids is 2. The Bertz CT molecular complexity index is 1220. The van der Waals surface area contributed by atoms with E-state index in [9.17, 15) is 19.7 Å². The first kappa shape index (κ1) is 30.2. The first-order valence-corrected chi connectivity index (χ1v) is 11.3. The number of hydrogen-bond acceptors (Lipinski definition) is 8. The average Bonchev–Trinajstić information content (AvgIpc) is 2.86. The zero-order chi connectivity index (χ0) is 26.1. The molecule has 1 heterocycles. The summed E-state index contributed by atoms with van der Waals surface area (Å²) >= 11 is 0. The molecule has 1 N–H and O–H groups in total. The molecule has 3 rings (SSSR count). The maximum absolute atomic E-state index is 13.3. The first-order valence-electron chi connectivity index (χ1n) is 11.3. The van der Waals surface area contributed by atoms with E-state index in [1.807, 2.05) is 36.4 Å². The average molecular weight is 535 g/mol. The minimum absolute atomic E-state index is 0. The van der Waals surface area contributed by atoms with Crippen molar-refractivity contribution < 1.29 is 28.7 Å². The fraction of sp³-hybridized carbons (Fsp3) is 0.259. The summed E-state index contributed by atoms with van der Waals surface area (Å²) < 4.78 is 15.8. The van der Waals surface area contributed by atoms with E-state index in [2.05, 4.69) is 5.32 Å². The molecule has 192 valence electrons. The monoisotopic (exact) mass is 534 g/mol. The van der Waals surface area contributed by atoms with Gasteiger partial charge in [-0.3, -0.25) is 10.1 Å². The Balaban J connectivity index is 0.00000481. The van der Waals surface area contributed by atoms with Crippen LogP contribution >= 0.6 is 0 Å². The molecular formula is C27H30CaN2O7. The zero-order valence-corrected chi connectivity index (χ0v) is 20.4. The Kier molecular flexibility index (Phi) is 12.0. The van der Waals surface area contributed by atoms with Gasteiger partial charge in [0, 0.05) is 30.6 Å². The summed E-state index contributed by atoms with van der Waals surface area (Å²) in [7, 11) is 1.48. The van der Waals surface area contributed by atoms with Crippen LogP contribution in [0.15, 0.2) is 83.2 Å². The van der Waals surface area contributed by atoms with Crippen molar-refractivity contribution in [3.63, 3.8) is 0 Å². The first-order chi connectivity index (χ1) is 17.3.